The molecule has 15 heavy (non-hydrogen) atoms. The summed E-state index contributed by atoms with van der Waals surface area (Å²) in [5.74, 6) is 0.262. The highest BCUT2D eigenvalue weighted by molar-refractivity contribution is 9.10. The molecule has 0 atom stereocenters. The fraction of sp³-hybridized carbons (Fsp3) is 0. The normalized spacial score (nSPS) is 10.2. The lowest BCUT2D eigenvalue weighted by molar-refractivity contribution is 0.459. The standard InChI is InChI=1S/C12H9BrO2/c13-10-7-11(14)9(6-12(10)15)8-4-2-1-3-5-8/h1-7,14-15H. The summed E-state index contributed by atoms with van der Waals surface area (Å²) in [6, 6.07) is 12.4. The van der Waals surface area contributed by atoms with E-state index in [0.717, 1.165) is 5.56 Å². The lowest BCUT2D eigenvalue weighted by Crippen LogP contribution is -1.79. The molecule has 0 aromatic heterocycles. The van der Waals surface area contributed by atoms with Crippen LogP contribution in [0, 0.1) is 0 Å². The lowest BCUT2D eigenvalue weighted by Gasteiger charge is -2.06. The maximum absolute atomic E-state index is 9.73. The van der Waals surface area contributed by atoms with E-state index < -0.39 is 0 Å². The summed E-state index contributed by atoms with van der Waals surface area (Å²) in [6.45, 7) is 0. The topological polar surface area (TPSA) is 40.5 Å². The van der Waals surface area contributed by atoms with E-state index in [0.29, 0.717) is 10.0 Å². The van der Waals surface area contributed by atoms with Crippen LogP contribution in [-0.4, -0.2) is 10.2 Å². The van der Waals surface area contributed by atoms with E-state index in [1.54, 1.807) is 0 Å². The van der Waals surface area contributed by atoms with Gasteiger partial charge in [0.05, 0.1) is 4.47 Å². The predicted octanol–water partition coefficient (Wildman–Crippen LogP) is 3.53. The summed E-state index contributed by atoms with van der Waals surface area (Å²) in [7, 11) is 0. The summed E-state index contributed by atoms with van der Waals surface area (Å²) < 4.78 is 0.486. The van der Waals surface area contributed by atoms with Crippen molar-refractivity contribution in [2.75, 3.05) is 0 Å². The molecule has 0 saturated carbocycles. The van der Waals surface area contributed by atoms with Crippen LogP contribution in [0.25, 0.3) is 11.1 Å². The molecule has 2 aromatic rings. The Kier molecular flexibility index (Phi) is 2.64. The van der Waals surface area contributed by atoms with Crippen molar-refractivity contribution in [3.63, 3.8) is 0 Å². The summed E-state index contributed by atoms with van der Waals surface area (Å²) in [5, 5.41) is 19.3. The van der Waals surface area contributed by atoms with Crippen molar-refractivity contribution in [3.05, 3.63) is 46.9 Å². The van der Waals surface area contributed by atoms with Gasteiger partial charge in [0, 0.05) is 5.56 Å². The number of hydrogen-bond donors (Lipinski definition) is 2. The summed E-state index contributed by atoms with van der Waals surface area (Å²) in [5.41, 5.74) is 1.49. The van der Waals surface area contributed by atoms with Crippen molar-refractivity contribution in [2.24, 2.45) is 0 Å². The van der Waals surface area contributed by atoms with Gasteiger partial charge in [-0.1, -0.05) is 30.3 Å². The van der Waals surface area contributed by atoms with Crippen molar-refractivity contribution in [3.8, 4) is 22.6 Å². The molecule has 0 unspecified atom stereocenters. The van der Waals surface area contributed by atoms with E-state index in [2.05, 4.69) is 15.9 Å². The van der Waals surface area contributed by atoms with Gasteiger partial charge >= 0.3 is 0 Å². The third-order valence-electron chi connectivity index (χ3n) is 2.15. The highest BCUT2D eigenvalue weighted by Gasteiger charge is 2.08. The Morgan fingerprint density at radius 1 is 0.867 bits per heavy atom. The van der Waals surface area contributed by atoms with Gasteiger partial charge < -0.3 is 10.2 Å². The number of phenolic OH excluding ortho intramolecular Hbond substituents is 2. The summed E-state index contributed by atoms with van der Waals surface area (Å²) in [6.07, 6.45) is 0. The number of halogens is 1. The van der Waals surface area contributed by atoms with Gasteiger partial charge in [0.1, 0.15) is 11.5 Å². The lowest BCUT2D eigenvalue weighted by atomic mass is 10.0. The van der Waals surface area contributed by atoms with Crippen molar-refractivity contribution in [1.82, 2.24) is 0 Å². The molecule has 2 aromatic carbocycles. The van der Waals surface area contributed by atoms with Gasteiger partial charge in [-0.15, -0.1) is 0 Å². The Labute approximate surface area is 95.9 Å². The van der Waals surface area contributed by atoms with Crippen molar-refractivity contribution in [2.45, 2.75) is 0 Å². The second kappa shape index (κ2) is 3.95. The summed E-state index contributed by atoms with van der Waals surface area (Å²) >= 11 is 3.14. The van der Waals surface area contributed by atoms with Gasteiger partial charge in [-0.25, -0.2) is 0 Å². The predicted molar refractivity (Wildman–Crippen MR) is 62.9 cm³/mol. The largest absolute Gasteiger partial charge is 0.507 e. The van der Waals surface area contributed by atoms with Gasteiger partial charge in [-0.2, -0.15) is 0 Å². The smallest absolute Gasteiger partial charge is 0.130 e. The van der Waals surface area contributed by atoms with Crippen LogP contribution in [0.3, 0.4) is 0 Å². The number of rotatable bonds is 1. The van der Waals surface area contributed by atoms with Crippen molar-refractivity contribution >= 4 is 15.9 Å². The second-order valence-electron chi connectivity index (χ2n) is 3.19. The maximum Gasteiger partial charge on any atom is 0.130 e. The molecular formula is C12H9BrO2. The van der Waals surface area contributed by atoms with E-state index in [4.69, 9.17) is 0 Å². The van der Waals surface area contributed by atoms with Crippen LogP contribution < -0.4 is 0 Å². The molecular weight excluding hydrogens is 256 g/mol. The second-order valence-corrected chi connectivity index (χ2v) is 4.04. The average Bonchev–Trinajstić information content (AvgIpc) is 2.25. The van der Waals surface area contributed by atoms with Gasteiger partial charge in [0.15, 0.2) is 0 Å². The van der Waals surface area contributed by atoms with Crippen LogP contribution in [-0.2, 0) is 0 Å². The number of benzene rings is 2. The Morgan fingerprint density at radius 2 is 1.53 bits per heavy atom. The average molecular weight is 265 g/mol. The molecule has 0 fully saturated rings. The number of hydrogen-bond acceptors (Lipinski definition) is 2. The van der Waals surface area contributed by atoms with Gasteiger partial charge in [-0.3, -0.25) is 0 Å². The molecule has 2 nitrogen and oxygen atoms in total. The molecule has 0 aliphatic heterocycles. The van der Waals surface area contributed by atoms with E-state index in [-0.39, 0.29) is 11.5 Å². The molecule has 2 N–H and O–H groups in total. The monoisotopic (exact) mass is 264 g/mol. The minimum atomic E-state index is 0.117. The first kappa shape index (κ1) is 10.1. The van der Waals surface area contributed by atoms with E-state index in [1.807, 2.05) is 30.3 Å². The Morgan fingerprint density at radius 3 is 2.20 bits per heavy atom. The van der Waals surface area contributed by atoms with Gasteiger partial charge in [0.25, 0.3) is 0 Å². The molecule has 0 heterocycles. The first-order valence-corrected chi connectivity index (χ1v) is 5.24. The van der Waals surface area contributed by atoms with E-state index in [9.17, 15) is 10.2 Å². The first-order valence-electron chi connectivity index (χ1n) is 4.45. The van der Waals surface area contributed by atoms with Crippen molar-refractivity contribution < 1.29 is 10.2 Å². The fourth-order valence-electron chi connectivity index (χ4n) is 1.40. The van der Waals surface area contributed by atoms with E-state index in [1.165, 1.54) is 12.1 Å². The maximum atomic E-state index is 9.73. The third kappa shape index (κ3) is 1.97. The molecule has 0 spiro atoms. The Hall–Kier alpha value is -1.48. The molecule has 3 heteroatoms. The summed E-state index contributed by atoms with van der Waals surface area (Å²) in [4.78, 5) is 0. The highest BCUT2D eigenvalue weighted by atomic mass is 79.9. The van der Waals surface area contributed by atoms with Gasteiger partial charge in [0.2, 0.25) is 0 Å². The molecule has 0 saturated heterocycles. The van der Waals surface area contributed by atoms with Gasteiger partial charge in [-0.05, 0) is 33.6 Å². The fourth-order valence-corrected chi connectivity index (χ4v) is 1.73. The molecule has 0 aliphatic carbocycles. The number of aromatic hydroxyl groups is 2. The zero-order valence-electron chi connectivity index (χ0n) is 7.81. The zero-order valence-corrected chi connectivity index (χ0v) is 9.40. The minimum absolute atomic E-state index is 0.117. The highest BCUT2D eigenvalue weighted by Crippen LogP contribution is 2.37. The molecule has 76 valence electrons. The Balaban J connectivity index is 2.59. The number of phenols is 2. The third-order valence-corrected chi connectivity index (χ3v) is 2.79. The van der Waals surface area contributed by atoms with Crippen LogP contribution in [0.1, 0.15) is 0 Å². The van der Waals surface area contributed by atoms with Crippen LogP contribution in [0.5, 0.6) is 11.5 Å². The first-order chi connectivity index (χ1) is 7.18. The van der Waals surface area contributed by atoms with Crippen molar-refractivity contribution in [1.29, 1.82) is 0 Å². The van der Waals surface area contributed by atoms with Crippen LogP contribution in [0.4, 0.5) is 0 Å². The van der Waals surface area contributed by atoms with Crippen LogP contribution in [0.15, 0.2) is 46.9 Å². The quantitative estimate of drug-likeness (QED) is 0.774. The Bertz CT molecular complexity index is 480. The molecule has 0 bridgehead atoms. The van der Waals surface area contributed by atoms with E-state index >= 15 is 0 Å². The molecule has 2 rings (SSSR count). The molecule has 0 radical (unpaired) electrons. The minimum Gasteiger partial charge on any atom is -0.507 e. The molecule has 0 amide bonds. The SMILES string of the molecule is Oc1cc(-c2ccccc2)c(O)cc1Br. The van der Waals surface area contributed by atoms with Crippen LogP contribution >= 0.6 is 15.9 Å². The van der Waals surface area contributed by atoms with Crippen LogP contribution in [0.2, 0.25) is 0 Å². The molecule has 0 aliphatic rings. The zero-order chi connectivity index (χ0) is 10.8.